The van der Waals surface area contributed by atoms with Crippen LogP contribution in [0.4, 0.5) is 0 Å². The molecule has 0 aliphatic heterocycles. The summed E-state index contributed by atoms with van der Waals surface area (Å²) in [4.78, 5) is 16.0. The van der Waals surface area contributed by atoms with Crippen molar-refractivity contribution in [1.82, 2.24) is 10.3 Å². The quantitative estimate of drug-likeness (QED) is 0.814. The molecule has 0 fully saturated rings. The van der Waals surface area contributed by atoms with E-state index in [4.69, 9.17) is 0 Å². The van der Waals surface area contributed by atoms with Crippen LogP contribution in [0.1, 0.15) is 42.5 Å². The molecule has 2 unspecified atom stereocenters. The van der Waals surface area contributed by atoms with Gasteiger partial charge in [0, 0.05) is 28.6 Å². The van der Waals surface area contributed by atoms with Gasteiger partial charge in [-0.25, -0.2) is 0 Å². The van der Waals surface area contributed by atoms with E-state index in [-0.39, 0.29) is 17.9 Å². The molecule has 1 amide bonds. The number of aromatic amines is 1. The molecule has 3 nitrogen and oxygen atoms in total. The van der Waals surface area contributed by atoms with Crippen LogP contribution in [0, 0.1) is 12.8 Å². The number of carbonyl (C=O) groups is 1. The number of nitrogens with one attached hydrogen (secondary N) is 2. The van der Waals surface area contributed by atoms with Crippen molar-refractivity contribution in [3.8, 4) is 0 Å². The first-order valence-electron chi connectivity index (χ1n) is 8.76. The van der Waals surface area contributed by atoms with E-state index in [0.29, 0.717) is 0 Å². The first kappa shape index (κ1) is 14.6. The molecule has 0 bridgehead atoms. The summed E-state index contributed by atoms with van der Waals surface area (Å²) in [5.74, 6) is 0.422. The zero-order valence-electron chi connectivity index (χ0n) is 13.7. The number of carbonyl (C=O) groups excluding carboxylic acids is 1. The van der Waals surface area contributed by atoms with E-state index in [0.717, 1.165) is 38.5 Å². The zero-order chi connectivity index (χ0) is 15.8. The first-order valence-corrected chi connectivity index (χ1v) is 8.76. The second-order valence-corrected chi connectivity index (χ2v) is 7.06. The number of hydrogen-bond donors (Lipinski definition) is 2. The summed E-state index contributed by atoms with van der Waals surface area (Å²) >= 11 is 0. The maximum Gasteiger partial charge on any atom is 0.223 e. The van der Waals surface area contributed by atoms with Gasteiger partial charge in [-0.3, -0.25) is 4.79 Å². The fourth-order valence-electron chi connectivity index (χ4n) is 4.00. The lowest BCUT2D eigenvalue weighted by atomic mass is 9.89. The fourth-order valence-corrected chi connectivity index (χ4v) is 4.00. The third-order valence-corrected chi connectivity index (χ3v) is 5.33. The van der Waals surface area contributed by atoms with E-state index in [1.807, 2.05) is 0 Å². The smallest absolute Gasteiger partial charge is 0.223 e. The molecule has 4 rings (SSSR count). The molecule has 2 atom stereocenters. The van der Waals surface area contributed by atoms with Crippen molar-refractivity contribution in [3.05, 3.63) is 47.2 Å². The van der Waals surface area contributed by atoms with Crippen molar-refractivity contribution in [2.24, 2.45) is 5.92 Å². The average Bonchev–Trinajstić information content (AvgIpc) is 2.93. The predicted molar refractivity (Wildman–Crippen MR) is 93.5 cm³/mol. The highest BCUT2D eigenvalue weighted by Crippen LogP contribution is 2.30. The first-order chi connectivity index (χ1) is 11.2. The number of aryl methyl sites for hydroxylation is 2. The molecule has 1 heterocycles. The van der Waals surface area contributed by atoms with Crippen LogP contribution in [0.5, 0.6) is 0 Å². The van der Waals surface area contributed by atoms with Gasteiger partial charge in [0.2, 0.25) is 5.91 Å². The zero-order valence-corrected chi connectivity index (χ0v) is 13.7. The van der Waals surface area contributed by atoms with Crippen LogP contribution in [0.2, 0.25) is 0 Å². The van der Waals surface area contributed by atoms with Crippen LogP contribution in [0.25, 0.3) is 10.9 Å². The van der Waals surface area contributed by atoms with Gasteiger partial charge in [0.1, 0.15) is 0 Å². The number of H-pyrrole nitrogens is 1. The SMILES string of the molecule is Cc1ccc2[nH]c3c(c2c1)CC(NC(=O)C1CC=CCC1)CC3. The summed E-state index contributed by atoms with van der Waals surface area (Å²) in [5.41, 5.74) is 5.28. The molecule has 0 radical (unpaired) electrons. The Morgan fingerprint density at radius 3 is 3.00 bits per heavy atom. The van der Waals surface area contributed by atoms with Crippen LogP contribution in [-0.4, -0.2) is 16.9 Å². The Labute approximate surface area is 137 Å². The fraction of sp³-hybridized carbons (Fsp3) is 0.450. The monoisotopic (exact) mass is 308 g/mol. The maximum absolute atomic E-state index is 12.5. The molecule has 23 heavy (non-hydrogen) atoms. The second kappa shape index (κ2) is 5.88. The summed E-state index contributed by atoms with van der Waals surface area (Å²) in [6.07, 6.45) is 10.3. The molecular weight excluding hydrogens is 284 g/mol. The Hall–Kier alpha value is -2.03. The molecule has 0 saturated carbocycles. The van der Waals surface area contributed by atoms with Crippen LogP contribution in [0.3, 0.4) is 0 Å². The van der Waals surface area contributed by atoms with Gasteiger partial charge >= 0.3 is 0 Å². The number of allylic oxidation sites excluding steroid dienone is 2. The Morgan fingerprint density at radius 2 is 2.17 bits per heavy atom. The molecule has 120 valence electrons. The number of hydrogen-bond acceptors (Lipinski definition) is 1. The Kier molecular flexibility index (Phi) is 3.72. The summed E-state index contributed by atoms with van der Waals surface area (Å²) < 4.78 is 0. The lowest BCUT2D eigenvalue weighted by Gasteiger charge is -2.26. The predicted octanol–water partition coefficient (Wildman–Crippen LogP) is 3.81. The molecule has 1 aromatic heterocycles. The molecule has 2 aromatic rings. The van der Waals surface area contributed by atoms with Gasteiger partial charge in [0.25, 0.3) is 0 Å². The van der Waals surface area contributed by atoms with Gasteiger partial charge in [-0.15, -0.1) is 0 Å². The van der Waals surface area contributed by atoms with E-state index in [2.05, 4.69) is 47.6 Å². The maximum atomic E-state index is 12.5. The standard InChI is InChI=1S/C20H24N2O/c1-13-7-9-18-16(11-13)17-12-15(8-10-19(17)22-18)21-20(23)14-5-3-2-4-6-14/h2-3,7,9,11,14-15,22H,4-6,8,10,12H2,1H3,(H,21,23). The lowest BCUT2D eigenvalue weighted by molar-refractivity contribution is -0.126. The molecular formula is C20H24N2O. The molecule has 2 aliphatic rings. The minimum atomic E-state index is 0.173. The average molecular weight is 308 g/mol. The van der Waals surface area contributed by atoms with Crippen LogP contribution in [0.15, 0.2) is 30.4 Å². The molecule has 2 aliphatic carbocycles. The summed E-state index contributed by atoms with van der Waals surface area (Å²) in [7, 11) is 0. The number of rotatable bonds is 2. The van der Waals surface area contributed by atoms with Gasteiger partial charge in [0.15, 0.2) is 0 Å². The van der Waals surface area contributed by atoms with Crippen molar-refractivity contribution < 1.29 is 4.79 Å². The number of benzene rings is 1. The van der Waals surface area contributed by atoms with E-state index in [1.54, 1.807) is 0 Å². The summed E-state index contributed by atoms with van der Waals surface area (Å²) in [6, 6.07) is 6.87. The summed E-state index contributed by atoms with van der Waals surface area (Å²) in [5, 5.41) is 4.64. The minimum Gasteiger partial charge on any atom is -0.358 e. The van der Waals surface area contributed by atoms with Crippen LogP contribution in [-0.2, 0) is 17.6 Å². The van der Waals surface area contributed by atoms with Crippen molar-refractivity contribution in [3.63, 3.8) is 0 Å². The van der Waals surface area contributed by atoms with Crippen LogP contribution < -0.4 is 5.32 Å². The Balaban J connectivity index is 1.51. The van der Waals surface area contributed by atoms with Crippen molar-refractivity contribution in [1.29, 1.82) is 0 Å². The Morgan fingerprint density at radius 1 is 1.26 bits per heavy atom. The van der Waals surface area contributed by atoms with Gasteiger partial charge in [-0.1, -0.05) is 23.8 Å². The topological polar surface area (TPSA) is 44.9 Å². The normalized spacial score (nSPS) is 23.7. The van der Waals surface area contributed by atoms with E-state index >= 15 is 0 Å². The molecule has 0 saturated heterocycles. The minimum absolute atomic E-state index is 0.173. The van der Waals surface area contributed by atoms with Gasteiger partial charge in [0.05, 0.1) is 0 Å². The lowest BCUT2D eigenvalue weighted by Crippen LogP contribution is -2.42. The third kappa shape index (κ3) is 2.80. The van der Waals surface area contributed by atoms with E-state index < -0.39 is 0 Å². The second-order valence-electron chi connectivity index (χ2n) is 7.06. The van der Waals surface area contributed by atoms with Gasteiger partial charge in [-0.05, 0) is 63.1 Å². The van der Waals surface area contributed by atoms with Crippen molar-refractivity contribution in [2.75, 3.05) is 0 Å². The summed E-state index contributed by atoms with van der Waals surface area (Å²) in [6.45, 7) is 2.14. The highest BCUT2D eigenvalue weighted by molar-refractivity contribution is 5.86. The van der Waals surface area contributed by atoms with Gasteiger partial charge < -0.3 is 10.3 Å². The third-order valence-electron chi connectivity index (χ3n) is 5.33. The highest BCUT2D eigenvalue weighted by Gasteiger charge is 2.26. The van der Waals surface area contributed by atoms with Crippen molar-refractivity contribution >= 4 is 16.8 Å². The number of fused-ring (bicyclic) bond motifs is 3. The molecule has 0 spiro atoms. The Bertz CT molecular complexity index is 771. The number of aromatic nitrogens is 1. The number of amides is 1. The van der Waals surface area contributed by atoms with E-state index in [1.165, 1.54) is 27.7 Å². The van der Waals surface area contributed by atoms with Gasteiger partial charge in [-0.2, -0.15) is 0 Å². The van der Waals surface area contributed by atoms with Crippen LogP contribution >= 0.6 is 0 Å². The molecule has 2 N–H and O–H groups in total. The highest BCUT2D eigenvalue weighted by atomic mass is 16.1. The molecule has 3 heteroatoms. The molecule has 1 aromatic carbocycles. The van der Waals surface area contributed by atoms with E-state index in [9.17, 15) is 4.79 Å². The van der Waals surface area contributed by atoms with Crippen molar-refractivity contribution in [2.45, 2.75) is 51.5 Å². The largest absolute Gasteiger partial charge is 0.358 e.